The molecule has 1 aliphatic carbocycles. The number of ether oxygens (including phenoxy) is 3. The summed E-state index contributed by atoms with van der Waals surface area (Å²) in [6, 6.07) is 9.80. The topological polar surface area (TPSA) is 132 Å². The number of hydrogen-bond acceptors (Lipinski definition) is 7. The molecule has 41 heavy (non-hydrogen) atoms. The molecule has 12 heteroatoms. The Balaban J connectivity index is 1.75. The molecule has 1 aliphatic rings. The van der Waals surface area contributed by atoms with Crippen molar-refractivity contribution in [2.24, 2.45) is 5.73 Å². The zero-order valence-corrected chi connectivity index (χ0v) is 23.3. The number of amides is 3. The highest BCUT2D eigenvalue weighted by atomic mass is 19.2. The predicted molar refractivity (Wildman–Crippen MR) is 146 cm³/mol. The molecule has 3 rings (SSSR count). The average Bonchev–Trinajstić information content (AvgIpc) is 3.81. The highest BCUT2D eigenvalue weighted by molar-refractivity contribution is 5.92. The Bertz CT molecular complexity index is 1150. The van der Waals surface area contributed by atoms with Gasteiger partial charge in [0.2, 0.25) is 11.8 Å². The van der Waals surface area contributed by atoms with E-state index in [1.54, 1.807) is 29.2 Å². The lowest BCUT2D eigenvalue weighted by Gasteiger charge is -2.31. The normalized spacial score (nSPS) is 14.3. The average molecular weight is 577 g/mol. The molecule has 1 saturated carbocycles. The quantitative estimate of drug-likeness (QED) is 0.262. The first kappa shape index (κ1) is 31.9. The molecule has 2 aromatic rings. The van der Waals surface area contributed by atoms with E-state index in [-0.39, 0.29) is 32.2 Å². The molecular weight excluding hydrogens is 538 g/mol. The molecule has 0 bridgehead atoms. The van der Waals surface area contributed by atoms with Gasteiger partial charge in [0, 0.05) is 32.2 Å². The number of halogens is 2. The Morgan fingerprint density at radius 3 is 2.22 bits per heavy atom. The van der Waals surface area contributed by atoms with Crippen molar-refractivity contribution in [1.29, 1.82) is 0 Å². The third kappa shape index (κ3) is 10.1. The molecule has 2 unspecified atom stereocenters. The van der Waals surface area contributed by atoms with Gasteiger partial charge in [-0.3, -0.25) is 9.59 Å². The molecule has 1 fully saturated rings. The summed E-state index contributed by atoms with van der Waals surface area (Å²) in [5.41, 5.74) is 6.82. The van der Waals surface area contributed by atoms with Gasteiger partial charge in [0.05, 0.1) is 6.54 Å². The summed E-state index contributed by atoms with van der Waals surface area (Å²) in [6.07, 6.45) is -0.133. The van der Waals surface area contributed by atoms with Crippen LogP contribution in [0.15, 0.2) is 48.5 Å². The minimum atomic E-state index is -1.22. The number of nitrogens with zero attached hydrogens (tertiary/aromatic N) is 1. The minimum Gasteiger partial charge on any atom is -0.445 e. The van der Waals surface area contributed by atoms with Gasteiger partial charge in [-0.2, -0.15) is 0 Å². The summed E-state index contributed by atoms with van der Waals surface area (Å²) in [7, 11) is 0. The van der Waals surface area contributed by atoms with Crippen LogP contribution < -0.4 is 16.4 Å². The van der Waals surface area contributed by atoms with E-state index in [1.165, 1.54) is 6.07 Å². The second-order valence-corrected chi connectivity index (χ2v) is 9.57. The van der Waals surface area contributed by atoms with Gasteiger partial charge in [0.1, 0.15) is 18.7 Å². The molecular formula is C29H38F2N4O6. The van der Waals surface area contributed by atoms with Crippen molar-refractivity contribution in [1.82, 2.24) is 15.5 Å². The van der Waals surface area contributed by atoms with Crippen LogP contribution in [0.3, 0.4) is 0 Å². The lowest BCUT2D eigenvalue weighted by Crippen LogP contribution is -2.58. The Morgan fingerprint density at radius 1 is 0.951 bits per heavy atom. The lowest BCUT2D eigenvalue weighted by atomic mass is 10.0. The van der Waals surface area contributed by atoms with Crippen LogP contribution in [-0.2, 0) is 36.8 Å². The SMILES string of the molecule is CCOC(CN(C(=O)C(Cc1ccc(F)c(F)c1)NC(=O)C(CN)NC(=O)OCc1ccccc1)C1CC1)OCC. The number of benzene rings is 2. The van der Waals surface area contributed by atoms with Gasteiger partial charge in [-0.15, -0.1) is 0 Å². The number of carbonyl (C=O) groups is 3. The van der Waals surface area contributed by atoms with Gasteiger partial charge in [-0.05, 0) is 49.9 Å². The molecule has 10 nitrogen and oxygen atoms in total. The van der Waals surface area contributed by atoms with Gasteiger partial charge >= 0.3 is 6.09 Å². The summed E-state index contributed by atoms with van der Waals surface area (Å²) < 4.78 is 44.0. The van der Waals surface area contributed by atoms with Crippen LogP contribution in [0.1, 0.15) is 37.8 Å². The minimum absolute atomic E-state index is 0.0139. The Labute approximate surface area is 238 Å². The Morgan fingerprint density at radius 2 is 1.63 bits per heavy atom. The zero-order valence-electron chi connectivity index (χ0n) is 23.3. The molecule has 224 valence electrons. The van der Waals surface area contributed by atoms with Crippen LogP contribution in [0.4, 0.5) is 13.6 Å². The number of nitrogens with one attached hydrogen (secondary N) is 2. The summed E-state index contributed by atoms with van der Waals surface area (Å²) in [5, 5.41) is 5.07. The molecule has 0 aromatic heterocycles. The second-order valence-electron chi connectivity index (χ2n) is 9.57. The zero-order chi connectivity index (χ0) is 29.8. The number of alkyl carbamates (subject to hydrolysis) is 1. The maximum absolute atomic E-state index is 14.0. The van der Waals surface area contributed by atoms with Gasteiger partial charge in [-0.25, -0.2) is 13.6 Å². The fourth-order valence-corrected chi connectivity index (χ4v) is 4.20. The molecule has 2 aromatic carbocycles. The second kappa shape index (κ2) is 16.0. The van der Waals surface area contributed by atoms with Crippen LogP contribution in [0, 0.1) is 11.6 Å². The monoisotopic (exact) mass is 576 g/mol. The van der Waals surface area contributed by atoms with Crippen molar-refractivity contribution in [3.05, 3.63) is 71.3 Å². The van der Waals surface area contributed by atoms with E-state index < -0.39 is 47.9 Å². The van der Waals surface area contributed by atoms with Gasteiger partial charge in [-0.1, -0.05) is 36.4 Å². The van der Waals surface area contributed by atoms with Gasteiger partial charge in [0.25, 0.3) is 0 Å². The van der Waals surface area contributed by atoms with Crippen LogP contribution in [-0.4, -0.2) is 73.5 Å². The first-order chi connectivity index (χ1) is 19.7. The van der Waals surface area contributed by atoms with Crippen molar-refractivity contribution in [2.75, 3.05) is 26.3 Å². The van der Waals surface area contributed by atoms with E-state index in [1.807, 2.05) is 19.9 Å². The molecule has 0 aliphatic heterocycles. The Hall–Kier alpha value is -3.61. The molecule has 0 heterocycles. The lowest BCUT2D eigenvalue weighted by molar-refractivity contribution is -0.161. The first-order valence-electron chi connectivity index (χ1n) is 13.7. The molecule has 2 atom stereocenters. The summed E-state index contributed by atoms with van der Waals surface area (Å²) in [4.78, 5) is 41.0. The molecule has 0 saturated heterocycles. The number of carbonyl (C=O) groups excluding carboxylic acids is 3. The van der Waals surface area contributed by atoms with E-state index in [0.29, 0.717) is 18.8 Å². The summed E-state index contributed by atoms with van der Waals surface area (Å²) in [6.45, 7) is 4.20. The largest absolute Gasteiger partial charge is 0.445 e. The van der Waals surface area contributed by atoms with E-state index in [4.69, 9.17) is 19.9 Å². The smallest absolute Gasteiger partial charge is 0.408 e. The number of rotatable bonds is 16. The standard InChI is InChI=1S/C29H38F2N4O6/c1-3-39-26(40-4-2)17-35(21-11-12-21)28(37)24(15-20-10-13-22(30)23(31)14-20)33-27(36)25(16-32)34-29(38)41-18-19-8-6-5-7-9-19/h5-10,13-14,21,24-26H,3-4,11-12,15-18,32H2,1-2H3,(H,33,36)(H,34,38). The molecule has 3 amide bonds. The third-order valence-electron chi connectivity index (χ3n) is 6.42. The summed E-state index contributed by atoms with van der Waals surface area (Å²) >= 11 is 0. The fourth-order valence-electron chi connectivity index (χ4n) is 4.20. The maximum atomic E-state index is 14.0. The van der Waals surface area contributed by atoms with Crippen molar-refractivity contribution in [3.63, 3.8) is 0 Å². The third-order valence-corrected chi connectivity index (χ3v) is 6.42. The van der Waals surface area contributed by atoms with E-state index in [2.05, 4.69) is 10.6 Å². The van der Waals surface area contributed by atoms with Crippen molar-refractivity contribution in [3.8, 4) is 0 Å². The number of nitrogens with two attached hydrogens (primary N) is 1. The first-order valence-corrected chi connectivity index (χ1v) is 13.7. The molecule has 0 spiro atoms. The van der Waals surface area contributed by atoms with Crippen molar-refractivity contribution in [2.45, 2.75) is 64.1 Å². The highest BCUT2D eigenvalue weighted by Crippen LogP contribution is 2.28. The molecule has 4 N–H and O–H groups in total. The Kier molecular flexibility index (Phi) is 12.4. The number of hydrogen-bond donors (Lipinski definition) is 3. The van der Waals surface area contributed by atoms with Crippen molar-refractivity contribution >= 4 is 17.9 Å². The fraction of sp³-hybridized carbons (Fsp3) is 0.483. The van der Waals surface area contributed by atoms with Crippen LogP contribution in [0.25, 0.3) is 0 Å². The van der Waals surface area contributed by atoms with E-state index in [9.17, 15) is 23.2 Å². The van der Waals surface area contributed by atoms with Crippen molar-refractivity contribution < 1.29 is 37.4 Å². The van der Waals surface area contributed by atoms with Crippen LogP contribution in [0.5, 0.6) is 0 Å². The predicted octanol–water partition coefficient (Wildman–Crippen LogP) is 2.64. The highest BCUT2D eigenvalue weighted by Gasteiger charge is 2.38. The van der Waals surface area contributed by atoms with E-state index in [0.717, 1.165) is 30.5 Å². The molecule has 0 radical (unpaired) electrons. The summed E-state index contributed by atoms with van der Waals surface area (Å²) in [5.74, 6) is -3.28. The maximum Gasteiger partial charge on any atom is 0.408 e. The van der Waals surface area contributed by atoms with E-state index >= 15 is 0 Å². The van der Waals surface area contributed by atoms with Gasteiger partial charge < -0.3 is 35.5 Å². The van der Waals surface area contributed by atoms with Crippen LogP contribution in [0.2, 0.25) is 0 Å². The van der Waals surface area contributed by atoms with Gasteiger partial charge in [0.15, 0.2) is 17.9 Å². The van der Waals surface area contributed by atoms with Crippen LogP contribution >= 0.6 is 0 Å².